The summed E-state index contributed by atoms with van der Waals surface area (Å²) in [5.41, 5.74) is 0.839. The van der Waals surface area contributed by atoms with Gasteiger partial charge in [-0.3, -0.25) is 0 Å². The Morgan fingerprint density at radius 3 is 2.48 bits per heavy atom. The third kappa shape index (κ3) is 5.88. The summed E-state index contributed by atoms with van der Waals surface area (Å²) in [6.45, 7) is 4.35. The highest BCUT2D eigenvalue weighted by molar-refractivity contribution is 7.89. The quantitative estimate of drug-likeness (QED) is 0.422. The standard InChI is InChI=1S/C28H30F3N7O5S/c1-16-27(44(40,41)35-21-4-7-42-8-5-21)17(2)37(34-16)26-12-25(23(31)13-32-26)43-22-14-36(15-22)28(39)38-24(3-6-33-38)18-9-19(29)11-20(30)10-18/h6,9-13,21-22,24,35H,3-5,7-8,14-15H2,1-2H3/t24-/m0/s1. The van der Waals surface area contributed by atoms with Gasteiger partial charge in [-0.1, -0.05) is 0 Å². The van der Waals surface area contributed by atoms with Gasteiger partial charge in [0.25, 0.3) is 0 Å². The average Bonchev–Trinajstić information content (AvgIpc) is 3.55. The predicted octanol–water partition coefficient (Wildman–Crippen LogP) is 3.37. The van der Waals surface area contributed by atoms with Crippen LogP contribution in [0.2, 0.25) is 0 Å². The monoisotopic (exact) mass is 633 g/mol. The number of halogens is 3. The maximum atomic E-state index is 14.7. The number of carbonyl (C=O) groups excluding carboxylic acids is 1. The van der Waals surface area contributed by atoms with Crippen LogP contribution >= 0.6 is 0 Å². The van der Waals surface area contributed by atoms with Crippen molar-refractivity contribution in [2.24, 2.45) is 5.10 Å². The van der Waals surface area contributed by atoms with Crippen LogP contribution in [-0.2, 0) is 14.8 Å². The van der Waals surface area contributed by atoms with E-state index in [4.69, 9.17) is 9.47 Å². The molecule has 5 heterocycles. The van der Waals surface area contributed by atoms with E-state index in [0.717, 1.165) is 12.3 Å². The number of sulfonamides is 1. The Morgan fingerprint density at radius 1 is 1.07 bits per heavy atom. The summed E-state index contributed by atoms with van der Waals surface area (Å²) in [4.78, 5) is 18.6. The first-order chi connectivity index (χ1) is 21.0. The molecule has 3 aromatic rings. The van der Waals surface area contributed by atoms with E-state index < -0.39 is 45.7 Å². The van der Waals surface area contributed by atoms with Gasteiger partial charge in [0.05, 0.1) is 36.7 Å². The minimum absolute atomic E-state index is 0.0228. The van der Waals surface area contributed by atoms with Crippen LogP contribution in [0.25, 0.3) is 5.82 Å². The predicted molar refractivity (Wildman–Crippen MR) is 150 cm³/mol. The Hall–Kier alpha value is -4.02. The van der Waals surface area contributed by atoms with Crippen LogP contribution in [0, 0.1) is 31.3 Å². The molecular weight excluding hydrogens is 603 g/mol. The first kappa shape index (κ1) is 30.0. The summed E-state index contributed by atoms with van der Waals surface area (Å²) < 4.78 is 83.9. The molecule has 2 amide bonds. The van der Waals surface area contributed by atoms with Gasteiger partial charge in [-0.05, 0) is 44.4 Å². The van der Waals surface area contributed by atoms with Crippen molar-refractivity contribution in [3.8, 4) is 11.6 Å². The lowest BCUT2D eigenvalue weighted by Crippen LogP contribution is -2.58. The van der Waals surface area contributed by atoms with Crippen molar-refractivity contribution in [2.75, 3.05) is 26.3 Å². The van der Waals surface area contributed by atoms with Crippen molar-refractivity contribution in [1.29, 1.82) is 0 Å². The van der Waals surface area contributed by atoms with E-state index in [2.05, 4.69) is 19.9 Å². The largest absolute Gasteiger partial charge is 0.483 e. The SMILES string of the molecule is Cc1nn(-c2cc(OC3CN(C(=O)N4N=CC[C@H]4c4cc(F)cc(F)c4)C3)c(F)cn2)c(C)c1S(=O)(=O)NC1CCOCC1. The van der Waals surface area contributed by atoms with E-state index >= 15 is 0 Å². The zero-order valence-electron chi connectivity index (χ0n) is 23.9. The van der Waals surface area contributed by atoms with Crippen LogP contribution < -0.4 is 9.46 Å². The molecule has 3 aliphatic heterocycles. The smallest absolute Gasteiger partial charge is 0.341 e. The molecule has 1 atom stereocenters. The van der Waals surface area contributed by atoms with Crippen LogP contribution in [0.1, 0.15) is 42.3 Å². The number of nitrogens with one attached hydrogen (secondary N) is 1. The Labute approximate surface area is 251 Å². The van der Waals surface area contributed by atoms with Gasteiger partial charge < -0.3 is 14.4 Å². The summed E-state index contributed by atoms with van der Waals surface area (Å²) in [7, 11) is -3.90. The van der Waals surface area contributed by atoms with Gasteiger partial charge in [0.15, 0.2) is 17.4 Å². The first-order valence-electron chi connectivity index (χ1n) is 14.1. The molecule has 44 heavy (non-hydrogen) atoms. The highest BCUT2D eigenvalue weighted by Gasteiger charge is 2.39. The number of carbonyl (C=O) groups is 1. The minimum Gasteiger partial charge on any atom is -0.483 e. The van der Waals surface area contributed by atoms with Crippen LogP contribution in [0.3, 0.4) is 0 Å². The molecule has 16 heteroatoms. The number of hydrogen-bond acceptors (Lipinski definition) is 8. The van der Waals surface area contributed by atoms with Crippen molar-refractivity contribution < 1.29 is 35.9 Å². The topological polar surface area (TPSA) is 131 Å². The van der Waals surface area contributed by atoms with Gasteiger partial charge in [0.2, 0.25) is 10.0 Å². The minimum atomic E-state index is -3.90. The maximum Gasteiger partial charge on any atom is 0.341 e. The number of urea groups is 1. The second-order valence-corrected chi connectivity index (χ2v) is 12.6. The normalized spacial score (nSPS) is 19.4. The van der Waals surface area contributed by atoms with Crippen LogP contribution in [-0.4, -0.2) is 83.8 Å². The zero-order chi connectivity index (χ0) is 31.2. The van der Waals surface area contributed by atoms with Crippen molar-refractivity contribution in [1.82, 2.24) is 29.4 Å². The van der Waals surface area contributed by atoms with Crippen LogP contribution in [0.5, 0.6) is 5.75 Å². The molecule has 234 valence electrons. The third-order valence-electron chi connectivity index (χ3n) is 7.77. The van der Waals surface area contributed by atoms with Crippen molar-refractivity contribution in [3.05, 3.63) is 64.9 Å². The van der Waals surface area contributed by atoms with Gasteiger partial charge in [-0.25, -0.2) is 45.8 Å². The molecule has 0 radical (unpaired) electrons. The number of hydrogen-bond donors (Lipinski definition) is 1. The zero-order valence-corrected chi connectivity index (χ0v) is 24.7. The Kier molecular flexibility index (Phi) is 8.06. The third-order valence-corrected chi connectivity index (χ3v) is 9.54. The Bertz CT molecular complexity index is 1700. The highest BCUT2D eigenvalue weighted by atomic mass is 32.2. The number of hydrazone groups is 1. The molecule has 3 aliphatic rings. The van der Waals surface area contributed by atoms with E-state index in [-0.39, 0.29) is 46.9 Å². The number of benzene rings is 1. The molecule has 6 rings (SSSR count). The summed E-state index contributed by atoms with van der Waals surface area (Å²) >= 11 is 0. The molecule has 1 aromatic carbocycles. The average molecular weight is 634 g/mol. The molecule has 0 aliphatic carbocycles. The fourth-order valence-corrected chi connectivity index (χ4v) is 7.28. The molecule has 0 spiro atoms. The van der Waals surface area contributed by atoms with Gasteiger partial charge >= 0.3 is 6.03 Å². The fourth-order valence-electron chi connectivity index (χ4n) is 5.59. The Balaban J connectivity index is 1.13. The lowest BCUT2D eigenvalue weighted by Gasteiger charge is -2.41. The van der Waals surface area contributed by atoms with Crippen LogP contribution in [0.15, 0.2) is 40.5 Å². The first-order valence-corrected chi connectivity index (χ1v) is 15.5. The molecule has 0 bridgehead atoms. The van der Waals surface area contributed by atoms with Gasteiger partial charge in [-0.15, -0.1) is 0 Å². The summed E-state index contributed by atoms with van der Waals surface area (Å²) in [6.07, 6.45) is 3.33. The van der Waals surface area contributed by atoms with Gasteiger partial charge in [0, 0.05) is 44.0 Å². The fraction of sp³-hybridized carbons (Fsp3) is 0.429. The molecule has 2 aromatic heterocycles. The van der Waals surface area contributed by atoms with E-state index in [0.29, 0.717) is 38.2 Å². The van der Waals surface area contributed by atoms with Gasteiger partial charge in [-0.2, -0.15) is 10.2 Å². The number of nitrogens with zero attached hydrogens (tertiary/aromatic N) is 6. The summed E-state index contributed by atoms with van der Waals surface area (Å²) in [6, 6.07) is 3.02. The molecule has 2 saturated heterocycles. The number of aryl methyl sites for hydroxylation is 1. The maximum absolute atomic E-state index is 14.7. The molecule has 2 fully saturated rings. The van der Waals surface area contributed by atoms with Crippen molar-refractivity contribution in [2.45, 2.75) is 56.2 Å². The van der Waals surface area contributed by atoms with E-state index in [1.54, 1.807) is 13.8 Å². The Morgan fingerprint density at radius 2 is 1.77 bits per heavy atom. The van der Waals surface area contributed by atoms with Crippen LogP contribution in [0.4, 0.5) is 18.0 Å². The number of ether oxygens (including phenoxy) is 2. The summed E-state index contributed by atoms with van der Waals surface area (Å²) in [5.74, 6) is -2.23. The van der Waals surface area contributed by atoms with Crippen molar-refractivity contribution in [3.63, 3.8) is 0 Å². The molecule has 0 saturated carbocycles. The number of amides is 2. The second-order valence-electron chi connectivity index (χ2n) is 10.9. The lowest BCUT2D eigenvalue weighted by atomic mass is 10.0. The highest BCUT2D eigenvalue weighted by Crippen LogP contribution is 2.32. The number of aromatic nitrogens is 3. The summed E-state index contributed by atoms with van der Waals surface area (Å²) in [5, 5.41) is 9.62. The number of rotatable bonds is 7. The van der Waals surface area contributed by atoms with E-state index in [1.165, 1.54) is 39.0 Å². The van der Waals surface area contributed by atoms with E-state index in [9.17, 15) is 26.4 Å². The molecular formula is C28H30F3N7O5S. The van der Waals surface area contributed by atoms with Gasteiger partial charge in [0.1, 0.15) is 22.6 Å². The molecule has 1 N–H and O–H groups in total. The number of likely N-dealkylation sites (tertiary alicyclic amines) is 1. The molecule has 0 unspecified atom stereocenters. The van der Waals surface area contributed by atoms with E-state index in [1.807, 2.05) is 0 Å². The second kappa shape index (κ2) is 11.8. The lowest BCUT2D eigenvalue weighted by molar-refractivity contribution is 0.0256. The number of pyridine rings is 1. The molecule has 12 nitrogen and oxygen atoms in total. The van der Waals surface area contributed by atoms with Crippen molar-refractivity contribution >= 4 is 22.3 Å².